The van der Waals surface area contributed by atoms with Gasteiger partial charge in [-0.1, -0.05) is 12.1 Å². The van der Waals surface area contributed by atoms with Crippen LogP contribution in [0.15, 0.2) is 48.5 Å². The molecule has 0 spiro atoms. The highest BCUT2D eigenvalue weighted by atomic mass is 19.1. The molecule has 1 aliphatic heterocycles. The second-order valence-corrected chi connectivity index (χ2v) is 7.75. The van der Waals surface area contributed by atoms with Gasteiger partial charge in [-0.05, 0) is 61.7 Å². The Morgan fingerprint density at radius 2 is 2.03 bits per heavy atom. The first-order chi connectivity index (χ1) is 15.1. The number of nitrogens with zero attached hydrogens (tertiary/aromatic N) is 4. The van der Waals surface area contributed by atoms with Gasteiger partial charge in [-0.2, -0.15) is 4.98 Å². The molecule has 2 aromatic heterocycles. The van der Waals surface area contributed by atoms with Crippen LogP contribution >= 0.6 is 0 Å². The predicted molar refractivity (Wildman–Crippen MR) is 119 cm³/mol. The molecule has 0 amide bonds. The minimum Gasteiger partial charge on any atom is -0.383 e. The SMILES string of the molecule is Cc1cccc(-n2nc3nc(NCC4CCCO4)nc(-c4ccc(F)cc4)c3c2N)c1. The number of ether oxygens (including phenoxy) is 1. The highest BCUT2D eigenvalue weighted by Crippen LogP contribution is 2.33. The van der Waals surface area contributed by atoms with Crippen LogP contribution < -0.4 is 11.1 Å². The summed E-state index contributed by atoms with van der Waals surface area (Å²) in [5, 5.41) is 8.56. The van der Waals surface area contributed by atoms with Crippen LogP contribution in [-0.2, 0) is 4.74 Å². The molecule has 1 atom stereocenters. The Morgan fingerprint density at radius 3 is 2.77 bits per heavy atom. The highest BCUT2D eigenvalue weighted by Gasteiger charge is 2.21. The number of hydrogen-bond donors (Lipinski definition) is 2. The summed E-state index contributed by atoms with van der Waals surface area (Å²) < 4.78 is 20.9. The zero-order chi connectivity index (χ0) is 21.4. The van der Waals surface area contributed by atoms with E-state index in [0.29, 0.717) is 35.0 Å². The van der Waals surface area contributed by atoms with E-state index in [-0.39, 0.29) is 11.9 Å². The molecule has 1 unspecified atom stereocenters. The Morgan fingerprint density at radius 1 is 1.19 bits per heavy atom. The average Bonchev–Trinajstić information content (AvgIpc) is 3.40. The summed E-state index contributed by atoms with van der Waals surface area (Å²) in [5.41, 5.74) is 10.3. The summed E-state index contributed by atoms with van der Waals surface area (Å²) >= 11 is 0. The maximum absolute atomic E-state index is 13.5. The average molecular weight is 418 g/mol. The Kier molecular flexibility index (Phi) is 4.99. The maximum Gasteiger partial charge on any atom is 0.225 e. The van der Waals surface area contributed by atoms with Gasteiger partial charge in [0.25, 0.3) is 0 Å². The van der Waals surface area contributed by atoms with Gasteiger partial charge >= 0.3 is 0 Å². The smallest absolute Gasteiger partial charge is 0.225 e. The second kappa shape index (κ2) is 7.96. The number of nitrogens with two attached hydrogens (primary N) is 1. The standard InChI is InChI=1S/C23H23FN6O/c1-14-4-2-5-17(12-14)30-21(25)19-20(15-7-9-16(24)10-8-15)27-23(28-22(19)29-30)26-13-18-6-3-11-31-18/h2,4-5,7-10,12,18H,3,6,11,13,25H2,1H3,(H,26,28,29). The molecule has 1 fully saturated rings. The van der Waals surface area contributed by atoms with Gasteiger partial charge < -0.3 is 15.8 Å². The molecule has 2 aromatic carbocycles. The van der Waals surface area contributed by atoms with Crippen molar-refractivity contribution in [3.63, 3.8) is 0 Å². The van der Waals surface area contributed by atoms with Crippen molar-refractivity contribution in [1.82, 2.24) is 19.7 Å². The quantitative estimate of drug-likeness (QED) is 0.507. The lowest BCUT2D eigenvalue weighted by atomic mass is 10.1. The molecule has 4 aromatic rings. The van der Waals surface area contributed by atoms with Gasteiger partial charge in [0.15, 0.2) is 5.65 Å². The molecule has 3 N–H and O–H groups in total. The minimum atomic E-state index is -0.311. The van der Waals surface area contributed by atoms with Gasteiger partial charge in [0.05, 0.1) is 22.9 Å². The number of fused-ring (bicyclic) bond motifs is 1. The molecule has 0 saturated carbocycles. The van der Waals surface area contributed by atoms with E-state index in [0.717, 1.165) is 36.3 Å². The van der Waals surface area contributed by atoms with Crippen LogP contribution in [0.1, 0.15) is 18.4 Å². The lowest BCUT2D eigenvalue weighted by molar-refractivity contribution is 0.120. The molecule has 158 valence electrons. The molecule has 31 heavy (non-hydrogen) atoms. The number of aryl methyl sites for hydroxylation is 1. The Balaban J connectivity index is 1.63. The van der Waals surface area contributed by atoms with Crippen LogP contribution in [0.3, 0.4) is 0 Å². The summed E-state index contributed by atoms with van der Waals surface area (Å²) in [6, 6.07) is 14.1. The number of halogens is 1. The van der Waals surface area contributed by atoms with Crippen molar-refractivity contribution in [3.05, 3.63) is 59.9 Å². The predicted octanol–water partition coefficient (Wildman–Crippen LogP) is 4.10. The van der Waals surface area contributed by atoms with Crippen molar-refractivity contribution in [2.75, 3.05) is 24.2 Å². The largest absolute Gasteiger partial charge is 0.383 e. The molecule has 0 aliphatic carbocycles. The maximum atomic E-state index is 13.5. The van der Waals surface area contributed by atoms with Gasteiger partial charge in [-0.15, -0.1) is 5.10 Å². The van der Waals surface area contributed by atoms with E-state index >= 15 is 0 Å². The van der Waals surface area contributed by atoms with Crippen molar-refractivity contribution < 1.29 is 9.13 Å². The number of benzene rings is 2. The number of nitrogen functional groups attached to an aromatic ring is 1. The number of rotatable bonds is 5. The summed E-state index contributed by atoms with van der Waals surface area (Å²) in [4.78, 5) is 9.32. The summed E-state index contributed by atoms with van der Waals surface area (Å²) in [6.07, 6.45) is 2.21. The lowest BCUT2D eigenvalue weighted by Gasteiger charge is -2.12. The molecule has 0 radical (unpaired) electrons. The van der Waals surface area contributed by atoms with E-state index in [1.165, 1.54) is 12.1 Å². The van der Waals surface area contributed by atoms with Crippen molar-refractivity contribution in [2.45, 2.75) is 25.9 Å². The van der Waals surface area contributed by atoms with E-state index in [1.54, 1.807) is 16.8 Å². The van der Waals surface area contributed by atoms with Crippen molar-refractivity contribution in [2.24, 2.45) is 0 Å². The van der Waals surface area contributed by atoms with Gasteiger partial charge in [0, 0.05) is 18.7 Å². The Labute approximate surface area is 179 Å². The molecule has 0 bridgehead atoms. The Hall–Kier alpha value is -3.52. The van der Waals surface area contributed by atoms with Crippen LogP contribution in [0.2, 0.25) is 0 Å². The molecule has 1 saturated heterocycles. The zero-order valence-electron chi connectivity index (χ0n) is 17.2. The summed E-state index contributed by atoms with van der Waals surface area (Å²) in [6.45, 7) is 3.41. The van der Waals surface area contributed by atoms with E-state index in [1.807, 2.05) is 31.2 Å². The van der Waals surface area contributed by atoms with E-state index in [9.17, 15) is 4.39 Å². The molecule has 5 rings (SSSR count). The molecule has 7 nitrogen and oxygen atoms in total. The third kappa shape index (κ3) is 3.82. The summed E-state index contributed by atoms with van der Waals surface area (Å²) in [7, 11) is 0. The first kappa shape index (κ1) is 19.4. The molecular formula is C23H23FN6O. The van der Waals surface area contributed by atoms with Gasteiger partial charge in [0.1, 0.15) is 11.6 Å². The molecule has 8 heteroatoms. The van der Waals surface area contributed by atoms with Crippen molar-refractivity contribution >= 4 is 22.8 Å². The van der Waals surface area contributed by atoms with Crippen LogP contribution in [-0.4, -0.2) is 39.0 Å². The molecular weight excluding hydrogens is 395 g/mol. The van der Waals surface area contributed by atoms with Gasteiger partial charge in [-0.3, -0.25) is 0 Å². The fraction of sp³-hybridized carbons (Fsp3) is 0.261. The van der Waals surface area contributed by atoms with Crippen LogP contribution in [0.4, 0.5) is 16.2 Å². The zero-order valence-corrected chi connectivity index (χ0v) is 17.2. The van der Waals surface area contributed by atoms with E-state index in [2.05, 4.69) is 15.4 Å². The first-order valence-corrected chi connectivity index (χ1v) is 10.3. The highest BCUT2D eigenvalue weighted by molar-refractivity contribution is 5.99. The molecule has 1 aliphatic rings. The van der Waals surface area contributed by atoms with Crippen LogP contribution in [0.5, 0.6) is 0 Å². The second-order valence-electron chi connectivity index (χ2n) is 7.75. The number of aromatic nitrogens is 4. The Bertz CT molecular complexity index is 1230. The number of hydrogen-bond acceptors (Lipinski definition) is 6. The van der Waals surface area contributed by atoms with E-state index < -0.39 is 0 Å². The number of nitrogens with one attached hydrogen (secondary N) is 1. The van der Waals surface area contributed by atoms with Crippen LogP contribution in [0, 0.1) is 12.7 Å². The first-order valence-electron chi connectivity index (χ1n) is 10.3. The van der Waals surface area contributed by atoms with Crippen LogP contribution in [0.25, 0.3) is 28.0 Å². The van der Waals surface area contributed by atoms with E-state index in [4.69, 9.17) is 15.5 Å². The van der Waals surface area contributed by atoms with Gasteiger partial charge in [0.2, 0.25) is 5.95 Å². The fourth-order valence-electron chi connectivity index (χ4n) is 3.87. The number of anilines is 2. The normalized spacial score (nSPS) is 16.1. The monoisotopic (exact) mass is 418 g/mol. The van der Waals surface area contributed by atoms with Gasteiger partial charge in [-0.25, -0.2) is 14.1 Å². The van der Waals surface area contributed by atoms with Crippen molar-refractivity contribution in [1.29, 1.82) is 0 Å². The third-order valence-electron chi connectivity index (χ3n) is 5.44. The fourth-order valence-corrected chi connectivity index (χ4v) is 3.87. The minimum absolute atomic E-state index is 0.142. The lowest BCUT2D eigenvalue weighted by Crippen LogP contribution is -2.19. The van der Waals surface area contributed by atoms with Crippen molar-refractivity contribution in [3.8, 4) is 16.9 Å². The molecule has 3 heterocycles. The third-order valence-corrected chi connectivity index (χ3v) is 5.44. The topological polar surface area (TPSA) is 90.9 Å². The summed E-state index contributed by atoms with van der Waals surface area (Å²) in [5.74, 6) is 0.566.